The third-order valence-corrected chi connectivity index (χ3v) is 3.56. The Labute approximate surface area is 98.9 Å². The van der Waals surface area contributed by atoms with Crippen LogP contribution in [0, 0.1) is 0 Å². The molecule has 88 valence electrons. The van der Waals surface area contributed by atoms with Gasteiger partial charge in [0.25, 0.3) is 0 Å². The lowest BCUT2D eigenvalue weighted by molar-refractivity contribution is 0.321. The van der Waals surface area contributed by atoms with Crippen molar-refractivity contribution in [3.63, 3.8) is 0 Å². The van der Waals surface area contributed by atoms with Crippen molar-refractivity contribution in [3.8, 4) is 0 Å². The first-order chi connectivity index (χ1) is 7.84. The van der Waals surface area contributed by atoms with Crippen LogP contribution in [0.2, 0.25) is 0 Å². The summed E-state index contributed by atoms with van der Waals surface area (Å²) < 4.78 is 17.0. The van der Waals surface area contributed by atoms with Crippen molar-refractivity contribution >= 4 is 13.3 Å². The third-order valence-electron chi connectivity index (χ3n) is 2.42. The zero-order valence-electron chi connectivity index (χ0n) is 9.89. The van der Waals surface area contributed by atoms with E-state index in [4.69, 9.17) is 4.52 Å². The van der Waals surface area contributed by atoms with E-state index >= 15 is 0 Å². The lowest BCUT2D eigenvalue weighted by atomic mass is 10.2. The Morgan fingerprint density at radius 1 is 1.06 bits per heavy atom. The van der Waals surface area contributed by atoms with Gasteiger partial charge in [0.05, 0.1) is 0 Å². The normalized spacial score (nSPS) is 11.4. The standard InChI is InChI=1S/C13H20O2P/c1-2-3-4-5-9-12-15-16(14)13-10-7-6-8-11-13/h6-8,10-11H,2-5,9,12H2,1H3/q+1. The van der Waals surface area contributed by atoms with Gasteiger partial charge in [-0.1, -0.05) is 50.8 Å². The highest BCUT2D eigenvalue weighted by molar-refractivity contribution is 7.48. The quantitative estimate of drug-likeness (QED) is 0.505. The van der Waals surface area contributed by atoms with E-state index in [1.807, 2.05) is 30.3 Å². The Morgan fingerprint density at radius 3 is 2.44 bits per heavy atom. The van der Waals surface area contributed by atoms with Crippen molar-refractivity contribution in [1.29, 1.82) is 0 Å². The molecule has 0 fully saturated rings. The molecule has 0 aromatic heterocycles. The van der Waals surface area contributed by atoms with Crippen molar-refractivity contribution in [1.82, 2.24) is 0 Å². The summed E-state index contributed by atoms with van der Waals surface area (Å²) in [6, 6.07) is 9.36. The highest BCUT2D eigenvalue weighted by Gasteiger charge is 2.20. The maximum absolute atomic E-state index is 11.7. The SMILES string of the molecule is CCCCCCCO[P+](=O)c1ccccc1. The average Bonchev–Trinajstić information content (AvgIpc) is 2.34. The molecule has 0 heterocycles. The van der Waals surface area contributed by atoms with Crippen LogP contribution < -0.4 is 5.30 Å². The Bertz CT molecular complexity index is 298. The minimum atomic E-state index is -1.65. The van der Waals surface area contributed by atoms with Crippen LogP contribution in [0.5, 0.6) is 0 Å². The predicted molar refractivity (Wildman–Crippen MR) is 68.4 cm³/mol. The van der Waals surface area contributed by atoms with Gasteiger partial charge in [-0.05, 0) is 23.1 Å². The van der Waals surface area contributed by atoms with Crippen molar-refractivity contribution in [2.45, 2.75) is 39.0 Å². The van der Waals surface area contributed by atoms with Crippen LogP contribution in [0.1, 0.15) is 39.0 Å². The van der Waals surface area contributed by atoms with Gasteiger partial charge in [0, 0.05) is 0 Å². The maximum Gasteiger partial charge on any atom is 0.548 e. The first-order valence-electron chi connectivity index (χ1n) is 6.00. The summed E-state index contributed by atoms with van der Waals surface area (Å²) in [5, 5.41) is 0.783. The molecule has 0 N–H and O–H groups in total. The Morgan fingerprint density at radius 2 is 1.75 bits per heavy atom. The highest BCUT2D eigenvalue weighted by atomic mass is 31.1. The van der Waals surface area contributed by atoms with Crippen LogP contribution >= 0.6 is 8.03 Å². The Kier molecular flexibility index (Phi) is 7.03. The summed E-state index contributed by atoms with van der Waals surface area (Å²) in [5.74, 6) is 0. The smallest absolute Gasteiger partial charge is 0.142 e. The molecule has 1 aromatic carbocycles. The summed E-state index contributed by atoms with van der Waals surface area (Å²) in [5.41, 5.74) is 0. The van der Waals surface area contributed by atoms with Crippen molar-refractivity contribution in [2.75, 3.05) is 6.61 Å². The molecule has 0 amide bonds. The van der Waals surface area contributed by atoms with Crippen molar-refractivity contribution in [3.05, 3.63) is 30.3 Å². The second-order valence-electron chi connectivity index (χ2n) is 3.84. The van der Waals surface area contributed by atoms with E-state index in [1.54, 1.807) is 0 Å². The van der Waals surface area contributed by atoms with Crippen LogP contribution in [0.3, 0.4) is 0 Å². The van der Waals surface area contributed by atoms with Crippen LogP contribution in [-0.2, 0) is 9.09 Å². The first-order valence-corrected chi connectivity index (χ1v) is 7.17. The number of hydrogen-bond acceptors (Lipinski definition) is 2. The number of rotatable bonds is 8. The molecular weight excluding hydrogens is 219 g/mol. The topological polar surface area (TPSA) is 26.3 Å². The molecule has 0 spiro atoms. The minimum Gasteiger partial charge on any atom is -0.142 e. The zero-order chi connectivity index (χ0) is 11.6. The molecular formula is C13H20O2P+. The molecule has 0 aliphatic heterocycles. The third kappa shape index (κ3) is 5.39. The van der Waals surface area contributed by atoms with Gasteiger partial charge in [0.15, 0.2) is 0 Å². The first kappa shape index (κ1) is 13.3. The highest BCUT2D eigenvalue weighted by Crippen LogP contribution is 2.21. The van der Waals surface area contributed by atoms with E-state index in [9.17, 15) is 4.57 Å². The monoisotopic (exact) mass is 239 g/mol. The van der Waals surface area contributed by atoms with E-state index in [0.29, 0.717) is 6.61 Å². The van der Waals surface area contributed by atoms with Gasteiger partial charge in [-0.15, -0.1) is 4.52 Å². The van der Waals surface area contributed by atoms with Gasteiger partial charge in [-0.2, -0.15) is 0 Å². The predicted octanol–water partition coefficient (Wildman–Crippen LogP) is 4.04. The van der Waals surface area contributed by atoms with Gasteiger partial charge in [0.1, 0.15) is 6.61 Å². The molecule has 1 atom stereocenters. The van der Waals surface area contributed by atoms with Crippen LogP contribution in [0.15, 0.2) is 30.3 Å². The molecule has 1 aromatic rings. The summed E-state index contributed by atoms with van der Waals surface area (Å²) in [6.07, 6.45) is 5.96. The molecule has 1 unspecified atom stereocenters. The fourth-order valence-electron chi connectivity index (χ4n) is 1.48. The van der Waals surface area contributed by atoms with Gasteiger partial charge in [-0.3, -0.25) is 0 Å². The lowest BCUT2D eigenvalue weighted by Crippen LogP contribution is -1.98. The minimum absolute atomic E-state index is 0.605. The summed E-state index contributed by atoms with van der Waals surface area (Å²) in [7, 11) is -1.65. The molecule has 0 saturated heterocycles. The van der Waals surface area contributed by atoms with Gasteiger partial charge >= 0.3 is 8.03 Å². The van der Waals surface area contributed by atoms with E-state index in [-0.39, 0.29) is 0 Å². The average molecular weight is 239 g/mol. The Balaban J connectivity index is 2.12. The Hall–Kier alpha value is -0.720. The van der Waals surface area contributed by atoms with E-state index in [0.717, 1.165) is 11.7 Å². The lowest BCUT2D eigenvalue weighted by Gasteiger charge is -1.95. The van der Waals surface area contributed by atoms with Gasteiger partial charge in [-0.25, -0.2) is 0 Å². The molecule has 2 nitrogen and oxygen atoms in total. The second-order valence-corrected chi connectivity index (χ2v) is 5.13. The van der Waals surface area contributed by atoms with Gasteiger partial charge < -0.3 is 0 Å². The van der Waals surface area contributed by atoms with Crippen molar-refractivity contribution in [2.24, 2.45) is 0 Å². The van der Waals surface area contributed by atoms with E-state index < -0.39 is 8.03 Å². The summed E-state index contributed by atoms with van der Waals surface area (Å²) in [4.78, 5) is 0. The van der Waals surface area contributed by atoms with Crippen LogP contribution in [-0.4, -0.2) is 6.61 Å². The molecule has 0 radical (unpaired) electrons. The van der Waals surface area contributed by atoms with Crippen LogP contribution in [0.4, 0.5) is 0 Å². The molecule has 0 bridgehead atoms. The summed E-state index contributed by atoms with van der Waals surface area (Å²) in [6.45, 7) is 2.80. The molecule has 16 heavy (non-hydrogen) atoms. The van der Waals surface area contributed by atoms with E-state index in [2.05, 4.69) is 6.92 Å². The number of benzene rings is 1. The number of hydrogen-bond donors (Lipinski definition) is 0. The van der Waals surface area contributed by atoms with Gasteiger partial charge in [0.2, 0.25) is 5.30 Å². The van der Waals surface area contributed by atoms with Crippen LogP contribution in [0.25, 0.3) is 0 Å². The zero-order valence-corrected chi connectivity index (χ0v) is 10.8. The fraction of sp³-hybridized carbons (Fsp3) is 0.538. The summed E-state index contributed by atoms with van der Waals surface area (Å²) >= 11 is 0. The molecule has 0 aliphatic rings. The maximum atomic E-state index is 11.7. The molecule has 1 rings (SSSR count). The number of unbranched alkanes of at least 4 members (excludes halogenated alkanes) is 4. The van der Waals surface area contributed by atoms with Crippen molar-refractivity contribution < 1.29 is 9.09 Å². The second kappa shape index (κ2) is 8.43. The molecule has 3 heteroatoms. The molecule has 0 aliphatic carbocycles. The molecule has 0 saturated carbocycles. The fourth-order valence-corrected chi connectivity index (χ4v) is 2.34. The van der Waals surface area contributed by atoms with E-state index in [1.165, 1.54) is 25.7 Å². The largest absolute Gasteiger partial charge is 0.548 e.